The van der Waals surface area contributed by atoms with Gasteiger partial charge in [-0.3, -0.25) is 0 Å². The molecule has 0 aliphatic heterocycles. The fraction of sp³-hybridized carbons (Fsp3) is 0.500. The molecule has 0 aliphatic carbocycles. The van der Waals surface area contributed by atoms with Crippen LogP contribution in [-0.4, -0.2) is 26.3 Å². The zero-order chi connectivity index (χ0) is 14.6. The Morgan fingerprint density at radius 1 is 1.32 bits per heavy atom. The van der Waals surface area contributed by atoms with Gasteiger partial charge in [0.05, 0.1) is 5.88 Å². The van der Waals surface area contributed by atoms with Crippen LogP contribution >= 0.6 is 11.6 Å². The van der Waals surface area contributed by atoms with Crippen molar-refractivity contribution in [1.29, 1.82) is 0 Å². The molecule has 1 rings (SSSR count). The second kappa shape index (κ2) is 6.63. The SMILES string of the molecule is CCCCN(C)S(=O)(=O)c1ccc(F)c(CCl)c1F. The van der Waals surface area contributed by atoms with Gasteiger partial charge in [0.15, 0.2) is 5.82 Å². The highest BCUT2D eigenvalue weighted by molar-refractivity contribution is 7.89. The molecule has 1 aromatic rings. The summed E-state index contributed by atoms with van der Waals surface area (Å²) in [7, 11) is -2.59. The third kappa shape index (κ3) is 3.43. The summed E-state index contributed by atoms with van der Waals surface area (Å²) in [6, 6.07) is 1.85. The van der Waals surface area contributed by atoms with Crippen LogP contribution in [0.5, 0.6) is 0 Å². The Bertz CT molecular complexity index is 549. The molecule has 0 unspecified atom stereocenters. The van der Waals surface area contributed by atoms with Gasteiger partial charge >= 0.3 is 0 Å². The lowest BCUT2D eigenvalue weighted by Gasteiger charge is -2.18. The number of alkyl halides is 1. The highest BCUT2D eigenvalue weighted by Gasteiger charge is 2.26. The van der Waals surface area contributed by atoms with Crippen molar-refractivity contribution in [3.63, 3.8) is 0 Å². The predicted octanol–water partition coefficient (Wildman–Crippen LogP) is 3.12. The van der Waals surface area contributed by atoms with Gasteiger partial charge in [-0.25, -0.2) is 21.5 Å². The van der Waals surface area contributed by atoms with E-state index in [1.165, 1.54) is 7.05 Å². The number of rotatable bonds is 6. The normalized spacial score (nSPS) is 12.1. The molecule has 0 spiro atoms. The highest BCUT2D eigenvalue weighted by Crippen LogP contribution is 2.24. The molecule has 0 N–H and O–H groups in total. The summed E-state index contributed by atoms with van der Waals surface area (Å²) < 4.78 is 52.6. The fourth-order valence-electron chi connectivity index (χ4n) is 1.57. The summed E-state index contributed by atoms with van der Waals surface area (Å²) in [5.41, 5.74) is -0.424. The van der Waals surface area contributed by atoms with Crippen molar-refractivity contribution in [2.45, 2.75) is 30.5 Å². The molecule has 7 heteroatoms. The van der Waals surface area contributed by atoms with Crippen molar-refractivity contribution in [2.24, 2.45) is 0 Å². The maximum absolute atomic E-state index is 14.0. The molecule has 1 aromatic carbocycles. The summed E-state index contributed by atoms with van der Waals surface area (Å²) in [6.07, 6.45) is 1.49. The minimum Gasteiger partial charge on any atom is -0.207 e. The van der Waals surface area contributed by atoms with Crippen LogP contribution in [-0.2, 0) is 15.9 Å². The van der Waals surface area contributed by atoms with Gasteiger partial charge < -0.3 is 0 Å². The minimum absolute atomic E-state index is 0.284. The summed E-state index contributed by atoms with van der Waals surface area (Å²) in [5.74, 6) is -2.37. The number of nitrogens with zero attached hydrogens (tertiary/aromatic N) is 1. The van der Waals surface area contributed by atoms with E-state index < -0.39 is 38.0 Å². The van der Waals surface area contributed by atoms with E-state index in [1.54, 1.807) is 0 Å². The lowest BCUT2D eigenvalue weighted by molar-refractivity contribution is 0.451. The molecular formula is C12H16ClF2NO2S. The van der Waals surface area contributed by atoms with Gasteiger partial charge in [0.25, 0.3) is 0 Å². The zero-order valence-electron chi connectivity index (χ0n) is 10.8. The summed E-state index contributed by atoms with van der Waals surface area (Å²) in [6.45, 7) is 2.20. The quantitative estimate of drug-likeness (QED) is 0.757. The van der Waals surface area contributed by atoms with Crippen LogP contribution in [0, 0.1) is 11.6 Å². The van der Waals surface area contributed by atoms with Crippen LogP contribution in [0.15, 0.2) is 17.0 Å². The maximum Gasteiger partial charge on any atom is 0.245 e. The third-order valence-corrected chi connectivity index (χ3v) is 4.94. The van der Waals surface area contributed by atoms with E-state index in [1.807, 2.05) is 6.92 Å². The zero-order valence-corrected chi connectivity index (χ0v) is 12.4. The molecule has 0 atom stereocenters. The van der Waals surface area contributed by atoms with Crippen molar-refractivity contribution >= 4 is 21.6 Å². The van der Waals surface area contributed by atoms with Crippen LogP contribution in [0.4, 0.5) is 8.78 Å². The molecule has 3 nitrogen and oxygen atoms in total. The Morgan fingerprint density at radius 2 is 1.95 bits per heavy atom. The van der Waals surface area contributed by atoms with E-state index >= 15 is 0 Å². The van der Waals surface area contributed by atoms with Gasteiger partial charge in [0.2, 0.25) is 10.0 Å². The van der Waals surface area contributed by atoms with Crippen molar-refractivity contribution in [3.05, 3.63) is 29.3 Å². The Hall–Kier alpha value is -0.720. The van der Waals surface area contributed by atoms with Crippen molar-refractivity contribution in [2.75, 3.05) is 13.6 Å². The van der Waals surface area contributed by atoms with E-state index in [9.17, 15) is 17.2 Å². The van der Waals surface area contributed by atoms with E-state index in [0.29, 0.717) is 6.42 Å². The Morgan fingerprint density at radius 3 is 2.47 bits per heavy atom. The molecule has 108 valence electrons. The molecule has 0 aliphatic rings. The van der Waals surface area contributed by atoms with Crippen LogP contribution in [0.3, 0.4) is 0 Å². The van der Waals surface area contributed by atoms with Gasteiger partial charge in [0, 0.05) is 19.2 Å². The summed E-state index contributed by atoms with van der Waals surface area (Å²) in [5, 5.41) is 0. The van der Waals surface area contributed by atoms with Crippen LogP contribution in [0.1, 0.15) is 25.3 Å². The Balaban J connectivity index is 3.22. The maximum atomic E-state index is 14.0. The first-order valence-corrected chi connectivity index (χ1v) is 7.82. The molecule has 0 fully saturated rings. The van der Waals surface area contributed by atoms with E-state index in [2.05, 4.69) is 0 Å². The van der Waals surface area contributed by atoms with E-state index in [-0.39, 0.29) is 6.54 Å². The molecule has 0 saturated heterocycles. The van der Waals surface area contributed by atoms with Crippen molar-refractivity contribution < 1.29 is 17.2 Å². The number of hydrogen-bond acceptors (Lipinski definition) is 2. The fourth-order valence-corrected chi connectivity index (χ4v) is 3.11. The molecule has 0 bridgehead atoms. The molecule has 0 saturated carbocycles. The van der Waals surface area contributed by atoms with Gasteiger partial charge in [0.1, 0.15) is 10.7 Å². The van der Waals surface area contributed by atoms with Gasteiger partial charge in [-0.1, -0.05) is 13.3 Å². The average molecular weight is 312 g/mol. The molecule has 0 radical (unpaired) electrons. The number of sulfonamides is 1. The van der Waals surface area contributed by atoms with Crippen molar-refractivity contribution in [3.8, 4) is 0 Å². The van der Waals surface area contributed by atoms with Crippen LogP contribution < -0.4 is 0 Å². The van der Waals surface area contributed by atoms with Gasteiger partial charge in [-0.05, 0) is 18.6 Å². The lowest BCUT2D eigenvalue weighted by Crippen LogP contribution is -2.29. The third-order valence-electron chi connectivity index (χ3n) is 2.80. The highest BCUT2D eigenvalue weighted by atomic mass is 35.5. The summed E-state index contributed by atoms with van der Waals surface area (Å²) >= 11 is 5.43. The molecular weight excluding hydrogens is 296 g/mol. The molecule has 19 heavy (non-hydrogen) atoms. The topological polar surface area (TPSA) is 37.4 Å². The van der Waals surface area contributed by atoms with E-state index in [4.69, 9.17) is 11.6 Å². The van der Waals surface area contributed by atoms with E-state index in [0.717, 1.165) is 22.9 Å². The predicted molar refractivity (Wildman–Crippen MR) is 70.6 cm³/mol. The second-order valence-corrected chi connectivity index (χ2v) is 6.43. The number of unbranched alkanes of at least 4 members (excludes halogenated alkanes) is 1. The van der Waals surface area contributed by atoms with Gasteiger partial charge in [-0.15, -0.1) is 11.6 Å². The van der Waals surface area contributed by atoms with Crippen molar-refractivity contribution in [1.82, 2.24) is 4.31 Å². The minimum atomic E-state index is -3.96. The monoisotopic (exact) mass is 311 g/mol. The first kappa shape index (κ1) is 16.3. The first-order valence-electron chi connectivity index (χ1n) is 5.85. The second-order valence-electron chi connectivity index (χ2n) is 4.15. The van der Waals surface area contributed by atoms with Crippen LogP contribution in [0.2, 0.25) is 0 Å². The molecule has 0 amide bonds. The molecule has 0 heterocycles. The standard InChI is InChI=1S/C12H16ClF2NO2S/c1-3-4-7-16(2)19(17,18)11-6-5-10(14)9(8-13)12(11)15/h5-6H,3-4,7-8H2,1-2H3. The number of hydrogen-bond donors (Lipinski definition) is 0. The summed E-state index contributed by atoms with van der Waals surface area (Å²) in [4.78, 5) is -0.539. The Kier molecular flexibility index (Phi) is 5.70. The number of benzene rings is 1. The van der Waals surface area contributed by atoms with Crippen LogP contribution in [0.25, 0.3) is 0 Å². The first-order chi connectivity index (χ1) is 8.86. The molecule has 0 aromatic heterocycles. The lowest BCUT2D eigenvalue weighted by atomic mass is 10.2. The largest absolute Gasteiger partial charge is 0.245 e. The average Bonchev–Trinajstić information content (AvgIpc) is 2.36. The Labute approximate surface area is 117 Å². The van der Waals surface area contributed by atoms with Gasteiger partial charge in [-0.2, -0.15) is 0 Å². The smallest absolute Gasteiger partial charge is 0.207 e. The number of halogens is 3.